The lowest BCUT2D eigenvalue weighted by molar-refractivity contribution is -0.116. The van der Waals surface area contributed by atoms with Gasteiger partial charge in [-0.25, -0.2) is 0 Å². The Labute approximate surface area is 179 Å². The highest BCUT2D eigenvalue weighted by Crippen LogP contribution is 2.29. The number of aryl methyl sites for hydroxylation is 1. The molecule has 6 nitrogen and oxygen atoms in total. The summed E-state index contributed by atoms with van der Waals surface area (Å²) in [6, 6.07) is 21.0. The van der Waals surface area contributed by atoms with Crippen LogP contribution in [-0.4, -0.2) is 31.0 Å². The first-order chi connectivity index (χ1) is 14.4. The maximum absolute atomic E-state index is 13.1. The van der Waals surface area contributed by atoms with Gasteiger partial charge < -0.3 is 5.32 Å². The van der Waals surface area contributed by atoms with Crippen LogP contribution >= 0.6 is 11.6 Å². The standard InChI is InChI=1S/C22H18ClN3O3S/c1-15-11-12-17(13-19(15)23)24-21(27)14-26-25-22(16-7-3-2-4-8-16)18-9-5-6-10-20(18)30(26,28)29/h2-13H,14H2,1H3,(H,24,27). The molecule has 1 aliphatic heterocycles. The van der Waals surface area contributed by atoms with Crippen LogP contribution < -0.4 is 5.32 Å². The van der Waals surface area contributed by atoms with Gasteiger partial charge in [0.15, 0.2) is 0 Å². The SMILES string of the molecule is Cc1ccc(NC(=O)CN2N=C(c3ccccc3)c3ccccc3S2(=O)=O)cc1Cl. The minimum absolute atomic E-state index is 0.116. The molecule has 4 rings (SSSR count). The van der Waals surface area contributed by atoms with Crippen LogP contribution in [0.25, 0.3) is 0 Å². The predicted molar refractivity (Wildman–Crippen MR) is 117 cm³/mol. The first-order valence-electron chi connectivity index (χ1n) is 9.18. The topological polar surface area (TPSA) is 78.8 Å². The molecule has 0 saturated carbocycles. The first kappa shape index (κ1) is 20.1. The molecule has 0 atom stereocenters. The Morgan fingerprint density at radius 1 is 1.03 bits per heavy atom. The Morgan fingerprint density at radius 2 is 1.73 bits per heavy atom. The molecule has 1 aliphatic rings. The van der Waals surface area contributed by atoms with Gasteiger partial charge in [0.2, 0.25) is 5.91 Å². The summed E-state index contributed by atoms with van der Waals surface area (Å²) in [7, 11) is -3.97. The van der Waals surface area contributed by atoms with E-state index in [0.29, 0.717) is 22.0 Å². The summed E-state index contributed by atoms with van der Waals surface area (Å²) in [5.41, 5.74) is 3.12. The lowest BCUT2D eigenvalue weighted by Gasteiger charge is -2.26. The Balaban J connectivity index is 1.68. The monoisotopic (exact) mass is 439 g/mol. The third-order valence-corrected chi connectivity index (χ3v) is 6.78. The van der Waals surface area contributed by atoms with E-state index in [4.69, 9.17) is 11.6 Å². The molecule has 0 aromatic heterocycles. The molecular weight excluding hydrogens is 422 g/mol. The molecule has 1 amide bonds. The Kier molecular flexibility index (Phi) is 5.32. The van der Waals surface area contributed by atoms with Crippen molar-refractivity contribution in [1.29, 1.82) is 0 Å². The lowest BCUT2D eigenvalue weighted by atomic mass is 10.0. The minimum atomic E-state index is -3.97. The first-order valence-corrected chi connectivity index (χ1v) is 11.0. The summed E-state index contributed by atoms with van der Waals surface area (Å²) in [5.74, 6) is -0.519. The van der Waals surface area contributed by atoms with Crippen LogP contribution in [-0.2, 0) is 14.8 Å². The van der Waals surface area contributed by atoms with Gasteiger partial charge in [-0.15, -0.1) is 0 Å². The van der Waals surface area contributed by atoms with Crippen molar-refractivity contribution in [3.63, 3.8) is 0 Å². The predicted octanol–water partition coefficient (Wildman–Crippen LogP) is 4.04. The van der Waals surface area contributed by atoms with Gasteiger partial charge in [0.1, 0.15) is 12.3 Å². The van der Waals surface area contributed by atoms with Crippen molar-refractivity contribution in [2.24, 2.45) is 5.10 Å². The van der Waals surface area contributed by atoms with Crippen molar-refractivity contribution < 1.29 is 13.2 Å². The number of halogens is 1. The van der Waals surface area contributed by atoms with Gasteiger partial charge in [0.25, 0.3) is 10.0 Å². The molecule has 1 heterocycles. The highest BCUT2D eigenvalue weighted by atomic mass is 35.5. The van der Waals surface area contributed by atoms with Gasteiger partial charge in [-0.3, -0.25) is 4.79 Å². The third-order valence-electron chi connectivity index (χ3n) is 4.69. The zero-order valence-corrected chi connectivity index (χ0v) is 17.6. The second kappa shape index (κ2) is 7.93. The quantitative estimate of drug-likeness (QED) is 0.666. The summed E-state index contributed by atoms with van der Waals surface area (Å²) in [6.07, 6.45) is 0. The molecule has 1 N–H and O–H groups in total. The number of sulfonamides is 1. The number of fused-ring (bicyclic) bond motifs is 1. The van der Waals surface area contributed by atoms with Crippen LogP contribution in [0.4, 0.5) is 5.69 Å². The third kappa shape index (κ3) is 3.81. The zero-order chi connectivity index (χ0) is 21.3. The number of hydrogen-bond acceptors (Lipinski definition) is 4. The summed E-state index contributed by atoms with van der Waals surface area (Å²) in [4.78, 5) is 12.7. The number of hydrogen-bond donors (Lipinski definition) is 1. The molecule has 8 heteroatoms. The van der Waals surface area contributed by atoms with Crippen LogP contribution in [0.3, 0.4) is 0 Å². The fourth-order valence-corrected chi connectivity index (χ4v) is 4.72. The zero-order valence-electron chi connectivity index (χ0n) is 16.0. The number of hydrazone groups is 1. The number of benzene rings is 3. The van der Waals surface area contributed by atoms with E-state index >= 15 is 0 Å². The second-order valence-corrected chi connectivity index (χ2v) is 9.03. The number of nitrogens with one attached hydrogen (secondary N) is 1. The number of nitrogens with zero attached hydrogens (tertiary/aromatic N) is 2. The van der Waals surface area contributed by atoms with Gasteiger partial charge in [0.05, 0.1) is 4.90 Å². The fraction of sp³-hybridized carbons (Fsp3) is 0.0909. The average Bonchev–Trinajstić information content (AvgIpc) is 2.73. The van der Waals surface area contributed by atoms with Crippen molar-refractivity contribution in [3.05, 3.63) is 94.5 Å². The number of carbonyl (C=O) groups is 1. The molecule has 0 spiro atoms. The number of carbonyl (C=O) groups excluding carboxylic acids is 1. The normalized spacial score (nSPS) is 14.6. The molecule has 0 fully saturated rings. The van der Waals surface area contributed by atoms with Crippen molar-refractivity contribution in [3.8, 4) is 0 Å². The number of anilines is 1. The molecule has 0 bridgehead atoms. The van der Waals surface area contributed by atoms with E-state index in [0.717, 1.165) is 15.5 Å². The Morgan fingerprint density at radius 3 is 2.47 bits per heavy atom. The maximum Gasteiger partial charge on any atom is 0.280 e. The van der Waals surface area contributed by atoms with Crippen LogP contribution in [0, 0.1) is 6.92 Å². The Bertz CT molecular complexity index is 1260. The summed E-state index contributed by atoms with van der Waals surface area (Å²) >= 11 is 6.10. The van der Waals surface area contributed by atoms with E-state index < -0.39 is 22.5 Å². The van der Waals surface area contributed by atoms with Gasteiger partial charge in [0, 0.05) is 21.8 Å². The van der Waals surface area contributed by atoms with E-state index in [1.165, 1.54) is 6.07 Å². The maximum atomic E-state index is 13.1. The summed E-state index contributed by atoms with van der Waals surface area (Å²) in [5, 5.41) is 7.52. The molecular formula is C22H18ClN3O3S. The summed E-state index contributed by atoms with van der Waals surface area (Å²) < 4.78 is 27.0. The molecule has 0 aliphatic carbocycles. The molecule has 3 aromatic carbocycles. The van der Waals surface area contributed by atoms with Crippen molar-refractivity contribution in [2.45, 2.75) is 11.8 Å². The fourth-order valence-electron chi connectivity index (χ4n) is 3.14. The van der Waals surface area contributed by atoms with Gasteiger partial charge in [-0.05, 0) is 30.7 Å². The molecule has 0 saturated heterocycles. The molecule has 0 radical (unpaired) electrons. The van der Waals surface area contributed by atoms with Gasteiger partial charge >= 0.3 is 0 Å². The van der Waals surface area contributed by atoms with E-state index in [1.807, 2.05) is 37.3 Å². The van der Waals surface area contributed by atoms with Crippen LogP contribution in [0.2, 0.25) is 5.02 Å². The van der Waals surface area contributed by atoms with E-state index in [9.17, 15) is 13.2 Å². The minimum Gasteiger partial charge on any atom is -0.324 e. The van der Waals surface area contributed by atoms with Crippen LogP contribution in [0.1, 0.15) is 16.7 Å². The largest absolute Gasteiger partial charge is 0.324 e. The van der Waals surface area contributed by atoms with Crippen molar-refractivity contribution in [1.82, 2.24) is 4.41 Å². The smallest absolute Gasteiger partial charge is 0.280 e. The van der Waals surface area contributed by atoms with E-state index in [-0.39, 0.29) is 4.90 Å². The summed E-state index contributed by atoms with van der Waals surface area (Å²) in [6.45, 7) is 1.39. The molecule has 3 aromatic rings. The molecule has 0 unspecified atom stereocenters. The highest BCUT2D eigenvalue weighted by molar-refractivity contribution is 7.89. The number of amides is 1. The second-order valence-electron chi connectivity index (χ2n) is 6.81. The Hall–Kier alpha value is -3.16. The van der Waals surface area contributed by atoms with Crippen molar-refractivity contribution >= 4 is 38.9 Å². The van der Waals surface area contributed by atoms with Gasteiger partial charge in [-0.1, -0.05) is 66.2 Å². The van der Waals surface area contributed by atoms with Gasteiger partial charge in [-0.2, -0.15) is 17.9 Å². The van der Waals surface area contributed by atoms with E-state index in [2.05, 4.69) is 10.4 Å². The average molecular weight is 440 g/mol. The highest BCUT2D eigenvalue weighted by Gasteiger charge is 2.34. The van der Waals surface area contributed by atoms with Crippen molar-refractivity contribution in [2.75, 3.05) is 11.9 Å². The van der Waals surface area contributed by atoms with Crippen LogP contribution in [0.5, 0.6) is 0 Å². The van der Waals surface area contributed by atoms with E-state index in [1.54, 1.807) is 36.4 Å². The number of rotatable bonds is 4. The molecule has 152 valence electrons. The lowest BCUT2D eigenvalue weighted by Crippen LogP contribution is -2.38. The molecule has 30 heavy (non-hydrogen) atoms. The van der Waals surface area contributed by atoms with Crippen LogP contribution in [0.15, 0.2) is 82.8 Å².